The molecule has 4 rings (SSSR count). The Bertz CT molecular complexity index is 1070. The highest BCUT2D eigenvalue weighted by Crippen LogP contribution is 2.28. The van der Waals surface area contributed by atoms with Crippen LogP contribution in [0.15, 0.2) is 30.3 Å². The Morgan fingerprint density at radius 2 is 2.04 bits per heavy atom. The number of benzene rings is 1. The van der Waals surface area contributed by atoms with Crippen molar-refractivity contribution in [3.63, 3.8) is 0 Å². The molecule has 0 saturated heterocycles. The molecule has 0 radical (unpaired) electrons. The molecule has 3 heterocycles. The molecule has 0 atom stereocenters. The van der Waals surface area contributed by atoms with E-state index in [4.69, 9.17) is 10.5 Å². The molecular weight excluding hydrogens is 362 g/mol. The third kappa shape index (κ3) is 2.98. The lowest BCUT2D eigenvalue weighted by atomic mass is 10.2. The van der Waals surface area contributed by atoms with Gasteiger partial charge in [-0.2, -0.15) is 5.10 Å². The average Bonchev–Trinajstić information content (AvgIpc) is 3.28. The first-order chi connectivity index (χ1) is 13.5. The van der Waals surface area contributed by atoms with E-state index in [0.717, 1.165) is 0 Å². The van der Waals surface area contributed by atoms with Gasteiger partial charge in [-0.3, -0.25) is 14.3 Å². The maximum atomic E-state index is 12.4. The maximum Gasteiger partial charge on any atom is 0.271 e. The zero-order valence-electron chi connectivity index (χ0n) is 15.5. The summed E-state index contributed by atoms with van der Waals surface area (Å²) in [5.41, 5.74) is 6.90. The first-order valence-electron chi connectivity index (χ1n) is 8.69. The van der Waals surface area contributed by atoms with Crippen LogP contribution < -0.4 is 10.5 Å². The summed E-state index contributed by atoms with van der Waals surface area (Å²) >= 11 is 0. The lowest BCUT2D eigenvalue weighted by Crippen LogP contribution is -2.37. The highest BCUT2D eigenvalue weighted by atomic mass is 16.5. The van der Waals surface area contributed by atoms with Crippen LogP contribution in [0.3, 0.4) is 0 Å². The standard InChI is InChI=1S/C18H19N7O3/c1-23-7-8-24-13(18(23)27)9-11(21-24)17-20-16(10-15(19)26)22-25(17)12-5-3-4-6-14(12)28-2/h3-6,9H,7-8,10H2,1-2H3,(H2,19,26). The summed E-state index contributed by atoms with van der Waals surface area (Å²) in [5, 5.41) is 8.95. The van der Waals surface area contributed by atoms with E-state index in [0.29, 0.717) is 41.7 Å². The monoisotopic (exact) mass is 381 g/mol. The molecule has 28 heavy (non-hydrogen) atoms. The Kier molecular flexibility index (Phi) is 4.30. The molecule has 1 aliphatic heterocycles. The van der Waals surface area contributed by atoms with Crippen LogP contribution in [0.1, 0.15) is 16.3 Å². The molecule has 3 aromatic rings. The van der Waals surface area contributed by atoms with Crippen molar-refractivity contribution in [2.45, 2.75) is 13.0 Å². The molecule has 144 valence electrons. The van der Waals surface area contributed by atoms with Gasteiger partial charge in [-0.25, -0.2) is 9.67 Å². The minimum atomic E-state index is -0.537. The SMILES string of the molecule is COc1ccccc1-n1nc(CC(N)=O)nc1-c1cc2n(n1)CCN(C)C2=O. The van der Waals surface area contributed by atoms with E-state index in [1.54, 1.807) is 40.6 Å². The molecule has 2 N–H and O–H groups in total. The zero-order valence-corrected chi connectivity index (χ0v) is 15.5. The normalized spacial score (nSPS) is 13.5. The molecular formula is C18H19N7O3. The van der Waals surface area contributed by atoms with Gasteiger partial charge in [0.15, 0.2) is 11.6 Å². The molecule has 0 saturated carbocycles. The number of carbonyl (C=O) groups excluding carboxylic acids is 2. The number of para-hydroxylation sites is 2. The molecule has 0 aliphatic carbocycles. The molecule has 1 aromatic carbocycles. The minimum Gasteiger partial charge on any atom is -0.494 e. The highest BCUT2D eigenvalue weighted by Gasteiger charge is 2.27. The number of aromatic nitrogens is 5. The number of fused-ring (bicyclic) bond motifs is 1. The minimum absolute atomic E-state index is 0.106. The summed E-state index contributed by atoms with van der Waals surface area (Å²) in [6.07, 6.45) is -0.107. The Hall–Kier alpha value is -3.69. The molecule has 1 aliphatic rings. The van der Waals surface area contributed by atoms with E-state index in [9.17, 15) is 9.59 Å². The van der Waals surface area contributed by atoms with Crippen molar-refractivity contribution in [2.24, 2.45) is 5.73 Å². The van der Waals surface area contributed by atoms with Crippen LogP contribution in [0, 0.1) is 0 Å². The third-order valence-corrected chi connectivity index (χ3v) is 4.52. The number of likely N-dealkylation sites (N-methyl/N-ethyl adjacent to an activating group) is 1. The fraction of sp³-hybridized carbons (Fsp3) is 0.278. The van der Waals surface area contributed by atoms with E-state index in [1.165, 1.54) is 0 Å². The van der Waals surface area contributed by atoms with E-state index < -0.39 is 5.91 Å². The molecule has 10 nitrogen and oxygen atoms in total. The highest BCUT2D eigenvalue weighted by molar-refractivity contribution is 5.94. The van der Waals surface area contributed by atoms with E-state index in [2.05, 4.69) is 15.2 Å². The predicted octanol–water partition coefficient (Wildman–Crippen LogP) is 0.253. The first-order valence-corrected chi connectivity index (χ1v) is 8.69. The van der Waals surface area contributed by atoms with Crippen molar-refractivity contribution in [2.75, 3.05) is 20.7 Å². The van der Waals surface area contributed by atoms with Gasteiger partial charge in [-0.1, -0.05) is 12.1 Å². The second kappa shape index (κ2) is 6.80. The predicted molar refractivity (Wildman–Crippen MR) is 99.0 cm³/mol. The van der Waals surface area contributed by atoms with Crippen LogP contribution in [0.4, 0.5) is 0 Å². The van der Waals surface area contributed by atoms with Gasteiger partial charge in [-0.05, 0) is 12.1 Å². The van der Waals surface area contributed by atoms with E-state index >= 15 is 0 Å². The largest absolute Gasteiger partial charge is 0.494 e. The molecule has 0 spiro atoms. The molecule has 2 amide bonds. The summed E-state index contributed by atoms with van der Waals surface area (Å²) < 4.78 is 8.64. The van der Waals surface area contributed by atoms with Gasteiger partial charge in [0.25, 0.3) is 5.91 Å². The first kappa shape index (κ1) is 17.7. The number of amides is 2. The number of nitrogens with two attached hydrogens (primary N) is 1. The lowest BCUT2D eigenvalue weighted by Gasteiger charge is -2.22. The van der Waals surface area contributed by atoms with Gasteiger partial charge >= 0.3 is 0 Å². The van der Waals surface area contributed by atoms with Gasteiger partial charge in [0, 0.05) is 19.7 Å². The third-order valence-electron chi connectivity index (χ3n) is 4.52. The van der Waals surface area contributed by atoms with Gasteiger partial charge in [0.05, 0.1) is 20.1 Å². The molecule has 0 unspecified atom stereocenters. The van der Waals surface area contributed by atoms with Crippen LogP contribution in [0.2, 0.25) is 0 Å². The van der Waals surface area contributed by atoms with E-state index in [-0.39, 0.29) is 18.2 Å². The lowest BCUT2D eigenvalue weighted by molar-refractivity contribution is -0.117. The molecule has 10 heteroatoms. The topological polar surface area (TPSA) is 121 Å². The van der Waals surface area contributed by atoms with E-state index in [1.807, 2.05) is 18.2 Å². The molecule has 0 bridgehead atoms. The maximum absolute atomic E-state index is 12.4. The zero-order chi connectivity index (χ0) is 19.8. The van der Waals surface area contributed by atoms with Crippen molar-refractivity contribution in [3.05, 3.63) is 41.9 Å². The number of hydrogen-bond donors (Lipinski definition) is 1. The summed E-state index contributed by atoms with van der Waals surface area (Å²) in [6.45, 7) is 1.17. The fourth-order valence-electron chi connectivity index (χ4n) is 3.13. The average molecular weight is 381 g/mol. The van der Waals surface area contributed by atoms with Crippen LogP contribution in [-0.2, 0) is 17.8 Å². The van der Waals surface area contributed by atoms with Crippen LogP contribution in [-0.4, -0.2) is 62.0 Å². The summed E-state index contributed by atoms with van der Waals surface area (Å²) in [5.74, 6) is 0.607. The quantitative estimate of drug-likeness (QED) is 0.676. The van der Waals surface area contributed by atoms with Crippen molar-refractivity contribution in [3.8, 4) is 23.0 Å². The van der Waals surface area contributed by atoms with Crippen molar-refractivity contribution >= 4 is 11.8 Å². The Morgan fingerprint density at radius 3 is 2.79 bits per heavy atom. The fourth-order valence-corrected chi connectivity index (χ4v) is 3.13. The molecule has 2 aromatic heterocycles. The van der Waals surface area contributed by atoms with Crippen LogP contribution in [0.25, 0.3) is 17.2 Å². The Morgan fingerprint density at radius 1 is 1.25 bits per heavy atom. The van der Waals surface area contributed by atoms with Crippen molar-refractivity contribution < 1.29 is 14.3 Å². The summed E-state index contributed by atoms with van der Waals surface area (Å²) in [4.78, 5) is 29.9. The van der Waals surface area contributed by atoms with Gasteiger partial charge in [0.2, 0.25) is 5.91 Å². The number of carbonyl (C=O) groups is 2. The van der Waals surface area contributed by atoms with Gasteiger partial charge in [0.1, 0.15) is 22.8 Å². The number of ether oxygens (including phenoxy) is 1. The second-order valence-electron chi connectivity index (χ2n) is 6.44. The number of primary amides is 1. The number of nitrogens with zero attached hydrogens (tertiary/aromatic N) is 6. The second-order valence-corrected chi connectivity index (χ2v) is 6.44. The Labute approximate surface area is 160 Å². The van der Waals surface area contributed by atoms with Gasteiger partial charge in [-0.15, -0.1) is 5.10 Å². The molecule has 0 fully saturated rings. The number of hydrogen-bond acceptors (Lipinski definition) is 6. The number of rotatable bonds is 5. The van der Waals surface area contributed by atoms with Crippen LogP contribution >= 0.6 is 0 Å². The van der Waals surface area contributed by atoms with Gasteiger partial charge < -0.3 is 15.4 Å². The smallest absolute Gasteiger partial charge is 0.271 e. The van der Waals surface area contributed by atoms with Crippen molar-refractivity contribution in [1.29, 1.82) is 0 Å². The van der Waals surface area contributed by atoms with Crippen LogP contribution in [0.5, 0.6) is 5.75 Å². The summed E-state index contributed by atoms with van der Waals surface area (Å²) in [7, 11) is 3.31. The van der Waals surface area contributed by atoms with Crippen molar-refractivity contribution in [1.82, 2.24) is 29.4 Å². The Balaban J connectivity index is 1.87. The summed E-state index contributed by atoms with van der Waals surface area (Å²) in [6, 6.07) is 8.98. The number of methoxy groups -OCH3 is 1.